The molecule has 0 aliphatic carbocycles. The van der Waals surface area contributed by atoms with Crippen LogP contribution in [0.15, 0.2) is 36.5 Å². The summed E-state index contributed by atoms with van der Waals surface area (Å²) in [5.41, 5.74) is 2.40. The van der Waals surface area contributed by atoms with Crippen LogP contribution in [0.4, 0.5) is 0 Å². The molecule has 1 aromatic carbocycles. The molecular formula is C13H14ClN. The van der Waals surface area contributed by atoms with Gasteiger partial charge in [0.15, 0.2) is 0 Å². The van der Waals surface area contributed by atoms with Crippen molar-refractivity contribution in [1.29, 1.82) is 0 Å². The van der Waals surface area contributed by atoms with Crippen LogP contribution in [0.3, 0.4) is 0 Å². The average molecular weight is 220 g/mol. The summed E-state index contributed by atoms with van der Waals surface area (Å²) in [4.78, 5) is 4.43. The Morgan fingerprint density at radius 2 is 2.07 bits per heavy atom. The van der Waals surface area contributed by atoms with Gasteiger partial charge in [-0.05, 0) is 24.0 Å². The average Bonchev–Trinajstić information content (AvgIpc) is 2.29. The molecule has 0 saturated heterocycles. The van der Waals surface area contributed by atoms with Crippen molar-refractivity contribution in [3.63, 3.8) is 0 Å². The summed E-state index contributed by atoms with van der Waals surface area (Å²) >= 11 is 5.83. The van der Waals surface area contributed by atoms with E-state index in [2.05, 4.69) is 36.2 Å². The zero-order valence-electron chi connectivity index (χ0n) is 8.78. The number of halogens is 1. The Kier molecular flexibility index (Phi) is 3.22. The van der Waals surface area contributed by atoms with Gasteiger partial charge >= 0.3 is 0 Å². The van der Waals surface area contributed by atoms with E-state index in [9.17, 15) is 0 Å². The molecule has 0 amide bonds. The molecule has 1 unspecified atom stereocenters. The van der Waals surface area contributed by atoms with Crippen molar-refractivity contribution in [2.75, 3.05) is 5.88 Å². The minimum absolute atomic E-state index is 0.499. The maximum atomic E-state index is 5.83. The maximum absolute atomic E-state index is 5.83. The second kappa shape index (κ2) is 4.63. The zero-order chi connectivity index (χ0) is 10.7. The third-order valence-electron chi connectivity index (χ3n) is 2.55. The standard InChI is InChI=1S/C13H14ClN/c1-10(9-14)8-12-5-2-4-11-6-3-7-15-13(11)12/h2-7,10H,8-9H2,1H3. The van der Waals surface area contributed by atoms with Gasteiger partial charge in [0.1, 0.15) is 0 Å². The van der Waals surface area contributed by atoms with Crippen LogP contribution in [0, 0.1) is 5.92 Å². The number of para-hydroxylation sites is 1. The molecule has 1 heterocycles. The zero-order valence-corrected chi connectivity index (χ0v) is 9.54. The van der Waals surface area contributed by atoms with Gasteiger partial charge in [-0.3, -0.25) is 4.98 Å². The highest BCUT2D eigenvalue weighted by molar-refractivity contribution is 6.18. The molecular weight excluding hydrogens is 206 g/mol. The Balaban J connectivity index is 2.42. The monoisotopic (exact) mass is 219 g/mol. The highest BCUT2D eigenvalue weighted by Crippen LogP contribution is 2.19. The van der Waals surface area contributed by atoms with E-state index in [1.807, 2.05) is 12.3 Å². The first kappa shape index (κ1) is 10.4. The summed E-state index contributed by atoms with van der Waals surface area (Å²) in [6.07, 6.45) is 2.84. The van der Waals surface area contributed by atoms with Crippen molar-refractivity contribution < 1.29 is 0 Å². The molecule has 2 rings (SSSR count). The first-order valence-corrected chi connectivity index (χ1v) is 5.73. The number of hydrogen-bond acceptors (Lipinski definition) is 1. The molecule has 0 bridgehead atoms. The molecule has 0 aliphatic rings. The lowest BCUT2D eigenvalue weighted by Crippen LogP contribution is -2.01. The predicted molar refractivity (Wildman–Crippen MR) is 65.3 cm³/mol. The van der Waals surface area contributed by atoms with E-state index in [1.54, 1.807) is 0 Å². The third kappa shape index (κ3) is 2.29. The number of aromatic nitrogens is 1. The van der Waals surface area contributed by atoms with E-state index in [0.717, 1.165) is 11.9 Å². The van der Waals surface area contributed by atoms with Crippen molar-refractivity contribution in [2.24, 2.45) is 5.92 Å². The van der Waals surface area contributed by atoms with Gasteiger partial charge in [0.25, 0.3) is 0 Å². The molecule has 1 aromatic heterocycles. The number of alkyl halides is 1. The smallest absolute Gasteiger partial charge is 0.0733 e. The fraction of sp³-hybridized carbons (Fsp3) is 0.308. The molecule has 0 fully saturated rings. The van der Waals surface area contributed by atoms with Gasteiger partial charge in [0.05, 0.1) is 5.52 Å². The van der Waals surface area contributed by atoms with E-state index in [1.165, 1.54) is 10.9 Å². The lowest BCUT2D eigenvalue weighted by molar-refractivity contribution is 0.657. The molecule has 0 aliphatic heterocycles. The van der Waals surface area contributed by atoms with Crippen molar-refractivity contribution in [2.45, 2.75) is 13.3 Å². The molecule has 2 aromatic rings. The quantitative estimate of drug-likeness (QED) is 0.719. The second-order valence-corrected chi connectivity index (χ2v) is 4.26. The molecule has 0 radical (unpaired) electrons. The summed E-state index contributed by atoms with van der Waals surface area (Å²) in [5.74, 6) is 1.20. The van der Waals surface area contributed by atoms with Gasteiger partial charge in [0, 0.05) is 17.5 Å². The van der Waals surface area contributed by atoms with Gasteiger partial charge in [-0.15, -0.1) is 11.6 Å². The lowest BCUT2D eigenvalue weighted by atomic mass is 10.00. The minimum Gasteiger partial charge on any atom is -0.256 e. The van der Waals surface area contributed by atoms with Crippen LogP contribution < -0.4 is 0 Å². The number of hydrogen-bond donors (Lipinski definition) is 0. The highest BCUT2D eigenvalue weighted by Gasteiger charge is 2.06. The summed E-state index contributed by atoms with van der Waals surface area (Å²) in [7, 11) is 0. The molecule has 0 N–H and O–H groups in total. The lowest BCUT2D eigenvalue weighted by Gasteiger charge is -2.09. The van der Waals surface area contributed by atoms with Crippen LogP contribution in [0.2, 0.25) is 0 Å². The first-order valence-electron chi connectivity index (χ1n) is 5.20. The van der Waals surface area contributed by atoms with Gasteiger partial charge in [0.2, 0.25) is 0 Å². The number of fused-ring (bicyclic) bond motifs is 1. The van der Waals surface area contributed by atoms with Gasteiger partial charge in [-0.1, -0.05) is 31.2 Å². The van der Waals surface area contributed by atoms with Gasteiger partial charge in [-0.25, -0.2) is 0 Å². The SMILES string of the molecule is CC(CCl)Cc1cccc2cccnc12. The van der Waals surface area contributed by atoms with Crippen LogP contribution in [0.25, 0.3) is 10.9 Å². The maximum Gasteiger partial charge on any atom is 0.0733 e. The fourth-order valence-electron chi connectivity index (χ4n) is 1.76. The van der Waals surface area contributed by atoms with E-state index in [0.29, 0.717) is 11.8 Å². The Labute approximate surface area is 95.1 Å². The van der Waals surface area contributed by atoms with Crippen LogP contribution >= 0.6 is 11.6 Å². The van der Waals surface area contributed by atoms with Crippen LogP contribution in [-0.2, 0) is 6.42 Å². The molecule has 15 heavy (non-hydrogen) atoms. The largest absolute Gasteiger partial charge is 0.256 e. The van der Waals surface area contributed by atoms with Gasteiger partial charge in [-0.2, -0.15) is 0 Å². The van der Waals surface area contributed by atoms with E-state index in [-0.39, 0.29) is 0 Å². The highest BCUT2D eigenvalue weighted by atomic mass is 35.5. The third-order valence-corrected chi connectivity index (χ3v) is 3.07. The van der Waals surface area contributed by atoms with Crippen molar-refractivity contribution in [3.05, 3.63) is 42.1 Å². The number of nitrogens with zero attached hydrogens (tertiary/aromatic N) is 1. The summed E-state index contributed by atoms with van der Waals surface area (Å²) < 4.78 is 0. The van der Waals surface area contributed by atoms with E-state index >= 15 is 0 Å². The summed E-state index contributed by atoms with van der Waals surface area (Å²) in [6.45, 7) is 2.16. The molecule has 1 atom stereocenters. The topological polar surface area (TPSA) is 12.9 Å². The molecule has 78 valence electrons. The van der Waals surface area contributed by atoms with Crippen LogP contribution in [-0.4, -0.2) is 10.9 Å². The van der Waals surface area contributed by atoms with Crippen LogP contribution in [0.5, 0.6) is 0 Å². The predicted octanol–water partition coefficient (Wildman–Crippen LogP) is 3.65. The van der Waals surface area contributed by atoms with Crippen molar-refractivity contribution >= 4 is 22.5 Å². The van der Waals surface area contributed by atoms with Crippen molar-refractivity contribution in [1.82, 2.24) is 4.98 Å². The number of pyridine rings is 1. The van der Waals surface area contributed by atoms with Crippen LogP contribution in [0.1, 0.15) is 12.5 Å². The Morgan fingerprint density at radius 3 is 2.87 bits per heavy atom. The van der Waals surface area contributed by atoms with Gasteiger partial charge < -0.3 is 0 Å². The molecule has 1 nitrogen and oxygen atoms in total. The summed E-state index contributed by atoms with van der Waals surface area (Å²) in [5, 5.41) is 1.21. The summed E-state index contributed by atoms with van der Waals surface area (Å²) in [6, 6.07) is 10.4. The molecule has 0 spiro atoms. The first-order chi connectivity index (χ1) is 7.31. The fourth-order valence-corrected chi connectivity index (χ4v) is 1.87. The Morgan fingerprint density at radius 1 is 1.27 bits per heavy atom. The van der Waals surface area contributed by atoms with E-state index in [4.69, 9.17) is 11.6 Å². The minimum atomic E-state index is 0.499. The normalized spacial score (nSPS) is 12.9. The molecule has 2 heteroatoms. The molecule has 0 saturated carbocycles. The Bertz CT molecular complexity index is 448. The van der Waals surface area contributed by atoms with Crippen molar-refractivity contribution in [3.8, 4) is 0 Å². The Hall–Kier alpha value is -1.08. The number of rotatable bonds is 3. The number of benzene rings is 1. The van der Waals surface area contributed by atoms with E-state index < -0.39 is 0 Å². The second-order valence-electron chi connectivity index (χ2n) is 3.96.